The number of benzene rings is 1. The van der Waals surface area contributed by atoms with Crippen LogP contribution < -0.4 is 10.8 Å². The highest BCUT2D eigenvalue weighted by Gasteiger charge is 2.33. The van der Waals surface area contributed by atoms with Crippen LogP contribution in [0.2, 0.25) is 0 Å². The number of aliphatic hydroxyl groups is 1. The highest BCUT2D eigenvalue weighted by atomic mass is 16.5. The molecule has 1 aliphatic rings. The Bertz CT molecular complexity index is 698. The third-order valence-electron chi connectivity index (χ3n) is 4.27. The maximum atomic E-state index is 12.7. The molecule has 1 heterocycles. The van der Waals surface area contributed by atoms with Gasteiger partial charge >= 0.3 is 13.1 Å². The van der Waals surface area contributed by atoms with E-state index >= 15 is 0 Å². The monoisotopic (exact) mass is 363 g/mol. The van der Waals surface area contributed by atoms with Gasteiger partial charge in [-0.15, -0.1) is 0 Å². The number of amides is 1. The van der Waals surface area contributed by atoms with Gasteiger partial charge in [0.1, 0.15) is 12.6 Å². The smallest absolute Gasteiger partial charge is 0.461 e. The third kappa shape index (κ3) is 4.63. The number of hydrogen-bond donors (Lipinski definition) is 3. The van der Waals surface area contributed by atoms with Crippen molar-refractivity contribution < 1.29 is 29.1 Å². The van der Waals surface area contributed by atoms with E-state index in [1.165, 1.54) is 13.8 Å². The van der Waals surface area contributed by atoms with Gasteiger partial charge in [-0.2, -0.15) is 0 Å². The molecule has 0 saturated carbocycles. The fraction of sp³-hybridized carbons (Fsp3) is 0.556. The van der Waals surface area contributed by atoms with Crippen molar-refractivity contribution >= 4 is 24.5 Å². The molecule has 1 unspecified atom stereocenters. The number of fused-ring (bicyclic) bond motifs is 1. The molecule has 142 valence electrons. The van der Waals surface area contributed by atoms with Gasteiger partial charge in [-0.25, -0.2) is 4.79 Å². The molecule has 0 spiro atoms. The van der Waals surface area contributed by atoms with E-state index in [-0.39, 0.29) is 12.5 Å². The molecule has 0 radical (unpaired) electrons. The predicted molar refractivity (Wildman–Crippen MR) is 96.9 cm³/mol. The normalized spacial score (nSPS) is 15.0. The van der Waals surface area contributed by atoms with Crippen LogP contribution in [-0.2, 0) is 20.8 Å². The molecule has 1 aromatic carbocycles. The molecule has 0 bridgehead atoms. The van der Waals surface area contributed by atoms with Crippen molar-refractivity contribution in [2.24, 2.45) is 5.92 Å². The van der Waals surface area contributed by atoms with Crippen LogP contribution in [0, 0.1) is 12.8 Å². The van der Waals surface area contributed by atoms with E-state index < -0.39 is 30.6 Å². The zero-order valence-electron chi connectivity index (χ0n) is 15.8. The van der Waals surface area contributed by atoms with Crippen molar-refractivity contribution in [2.45, 2.75) is 52.9 Å². The summed E-state index contributed by atoms with van der Waals surface area (Å²) in [6.45, 7) is 8.54. The second-order valence-electron chi connectivity index (χ2n) is 7.59. The van der Waals surface area contributed by atoms with E-state index in [1.54, 1.807) is 32.9 Å². The summed E-state index contributed by atoms with van der Waals surface area (Å²) in [5.41, 5.74) is 1.29. The molecule has 0 saturated heterocycles. The number of ether oxygens (including phenoxy) is 1. The first-order chi connectivity index (χ1) is 12.0. The number of carbonyl (C=O) groups is 2. The first-order valence-corrected chi connectivity index (χ1v) is 8.63. The predicted octanol–water partition coefficient (Wildman–Crippen LogP) is 0.281. The first kappa shape index (κ1) is 20.4. The van der Waals surface area contributed by atoms with Crippen molar-refractivity contribution in [3.05, 3.63) is 28.8 Å². The van der Waals surface area contributed by atoms with E-state index in [4.69, 9.17) is 9.39 Å². The molecule has 1 amide bonds. The zero-order valence-corrected chi connectivity index (χ0v) is 15.8. The minimum Gasteiger partial charge on any atom is -0.461 e. The molecule has 3 N–H and O–H groups in total. The quantitative estimate of drug-likeness (QED) is 0.495. The highest BCUT2D eigenvalue weighted by molar-refractivity contribution is 6.62. The van der Waals surface area contributed by atoms with Crippen molar-refractivity contribution in [1.82, 2.24) is 5.32 Å². The molecule has 2 rings (SSSR count). The van der Waals surface area contributed by atoms with E-state index in [9.17, 15) is 19.7 Å². The Kier molecular flexibility index (Phi) is 6.11. The molecular formula is C18H26BNO6. The lowest BCUT2D eigenvalue weighted by molar-refractivity contribution is -0.153. The number of carbonyl (C=O) groups excluding carboxylic acids is 2. The van der Waals surface area contributed by atoms with E-state index in [0.29, 0.717) is 23.2 Å². The van der Waals surface area contributed by atoms with Crippen molar-refractivity contribution in [3.8, 4) is 0 Å². The Morgan fingerprint density at radius 1 is 1.38 bits per heavy atom. The van der Waals surface area contributed by atoms with Gasteiger partial charge in [0.05, 0.1) is 12.2 Å². The molecule has 0 aliphatic carbocycles. The number of esters is 1. The summed E-state index contributed by atoms with van der Waals surface area (Å²) in [7, 11) is -1.05. The lowest BCUT2D eigenvalue weighted by Crippen LogP contribution is -2.47. The second kappa shape index (κ2) is 7.78. The fourth-order valence-corrected chi connectivity index (χ4v) is 2.81. The summed E-state index contributed by atoms with van der Waals surface area (Å²) < 4.78 is 10.3. The molecule has 26 heavy (non-hydrogen) atoms. The van der Waals surface area contributed by atoms with Gasteiger partial charge in [0.25, 0.3) is 5.91 Å². The Hall–Kier alpha value is -1.90. The third-order valence-corrected chi connectivity index (χ3v) is 4.27. The first-order valence-electron chi connectivity index (χ1n) is 8.63. The van der Waals surface area contributed by atoms with Gasteiger partial charge in [0.15, 0.2) is 0 Å². The average molecular weight is 363 g/mol. The van der Waals surface area contributed by atoms with Crippen LogP contribution in [0.5, 0.6) is 0 Å². The van der Waals surface area contributed by atoms with E-state index in [2.05, 4.69) is 5.32 Å². The van der Waals surface area contributed by atoms with Crippen LogP contribution in [0.4, 0.5) is 0 Å². The molecule has 0 fully saturated rings. The van der Waals surface area contributed by atoms with Gasteiger partial charge < -0.3 is 24.8 Å². The van der Waals surface area contributed by atoms with Crippen molar-refractivity contribution in [2.75, 3.05) is 6.61 Å². The van der Waals surface area contributed by atoms with Gasteiger partial charge in [-0.3, -0.25) is 4.79 Å². The van der Waals surface area contributed by atoms with E-state index in [0.717, 1.165) is 5.56 Å². The average Bonchev–Trinajstić information content (AvgIpc) is 2.91. The lowest BCUT2D eigenvalue weighted by atomic mass is 9.75. The van der Waals surface area contributed by atoms with Crippen LogP contribution in [0.1, 0.15) is 49.2 Å². The van der Waals surface area contributed by atoms with Crippen LogP contribution in [0.3, 0.4) is 0 Å². The minimum atomic E-state index is -1.14. The SMILES string of the molecule is Cc1c(C(=O)NC(C(=O)OCC(C)(C)O)C(C)C)ccc2c1B(O)OC2. The standard InChI is InChI=1S/C18H26BNO6/c1-10(2)15(17(22)25-9-18(4,5)23)20-16(21)13-7-6-12-8-26-19(24)14(12)11(13)3/h6-7,10,15,23-24H,8-9H2,1-5H3,(H,20,21). The molecular weight excluding hydrogens is 337 g/mol. The van der Waals surface area contributed by atoms with Gasteiger partial charge in [0, 0.05) is 5.56 Å². The largest absolute Gasteiger partial charge is 0.492 e. The molecule has 8 heteroatoms. The Balaban J connectivity index is 2.16. The maximum absolute atomic E-state index is 12.7. The Labute approximate surface area is 153 Å². The molecule has 0 aromatic heterocycles. The van der Waals surface area contributed by atoms with Crippen LogP contribution >= 0.6 is 0 Å². The summed E-state index contributed by atoms with van der Waals surface area (Å²) in [6.07, 6.45) is 0. The summed E-state index contributed by atoms with van der Waals surface area (Å²) in [6, 6.07) is 2.55. The molecule has 1 atom stereocenters. The number of nitrogens with one attached hydrogen (secondary N) is 1. The summed E-state index contributed by atoms with van der Waals surface area (Å²) in [5, 5.41) is 22.3. The molecule has 1 aromatic rings. The summed E-state index contributed by atoms with van der Waals surface area (Å²) in [5.74, 6) is -1.22. The van der Waals surface area contributed by atoms with Crippen LogP contribution in [0.25, 0.3) is 0 Å². The van der Waals surface area contributed by atoms with Gasteiger partial charge in [-0.1, -0.05) is 19.9 Å². The summed E-state index contributed by atoms with van der Waals surface area (Å²) in [4.78, 5) is 25.0. The van der Waals surface area contributed by atoms with Crippen LogP contribution in [-0.4, -0.2) is 47.4 Å². The Morgan fingerprint density at radius 2 is 2.04 bits per heavy atom. The van der Waals surface area contributed by atoms with Crippen molar-refractivity contribution in [1.29, 1.82) is 0 Å². The highest BCUT2D eigenvalue weighted by Crippen LogP contribution is 2.17. The topological polar surface area (TPSA) is 105 Å². The minimum absolute atomic E-state index is 0.160. The van der Waals surface area contributed by atoms with Gasteiger partial charge in [-0.05, 0) is 49.3 Å². The fourth-order valence-electron chi connectivity index (χ4n) is 2.81. The second-order valence-corrected chi connectivity index (χ2v) is 7.59. The zero-order chi connectivity index (χ0) is 19.6. The molecule has 7 nitrogen and oxygen atoms in total. The number of hydrogen-bond acceptors (Lipinski definition) is 6. The Morgan fingerprint density at radius 3 is 2.62 bits per heavy atom. The van der Waals surface area contributed by atoms with E-state index in [1.807, 2.05) is 0 Å². The van der Waals surface area contributed by atoms with Gasteiger partial charge in [0.2, 0.25) is 0 Å². The maximum Gasteiger partial charge on any atom is 0.492 e. The van der Waals surface area contributed by atoms with Crippen LogP contribution in [0.15, 0.2) is 12.1 Å². The molecule has 1 aliphatic heterocycles. The van der Waals surface area contributed by atoms with Crippen molar-refractivity contribution in [3.63, 3.8) is 0 Å². The lowest BCUT2D eigenvalue weighted by Gasteiger charge is -2.24. The summed E-state index contributed by atoms with van der Waals surface area (Å²) >= 11 is 0. The number of rotatable bonds is 6.